The number of carboxylic acids is 1. The first-order valence-electron chi connectivity index (χ1n) is 10.5. The second-order valence-corrected chi connectivity index (χ2v) is 9.79. The van der Waals surface area contributed by atoms with E-state index in [9.17, 15) is 35.9 Å². The first kappa shape index (κ1) is 25.7. The number of aromatic nitrogens is 2. The molecule has 0 saturated carbocycles. The molecule has 0 bridgehead atoms. The molecule has 4 aromatic rings. The lowest BCUT2D eigenvalue weighted by Gasteiger charge is -2.08. The van der Waals surface area contributed by atoms with Gasteiger partial charge in [0.15, 0.2) is 9.84 Å². The van der Waals surface area contributed by atoms with E-state index in [2.05, 4.69) is 16.9 Å². The van der Waals surface area contributed by atoms with Crippen LogP contribution in [0.1, 0.15) is 32.7 Å². The Morgan fingerprint density at radius 1 is 0.946 bits per heavy atom. The minimum absolute atomic E-state index is 0.0635. The van der Waals surface area contributed by atoms with Crippen molar-refractivity contribution in [2.75, 3.05) is 0 Å². The molecule has 0 spiro atoms. The van der Waals surface area contributed by atoms with Crippen LogP contribution in [0.5, 0.6) is 0 Å². The van der Waals surface area contributed by atoms with Gasteiger partial charge in [-0.25, -0.2) is 22.3 Å². The van der Waals surface area contributed by atoms with E-state index in [-0.39, 0.29) is 21.7 Å². The number of hydrogen-bond donors (Lipinski definition) is 1. The molecule has 0 saturated heterocycles. The fourth-order valence-electron chi connectivity index (χ4n) is 3.36. The average Bonchev–Trinajstić information content (AvgIpc) is 3.30. The summed E-state index contributed by atoms with van der Waals surface area (Å²) in [6.45, 7) is 0. The van der Waals surface area contributed by atoms with Gasteiger partial charge in [-0.15, -0.1) is 0 Å². The van der Waals surface area contributed by atoms with Crippen molar-refractivity contribution in [3.63, 3.8) is 0 Å². The number of carboxylic acid groups (broad SMARTS) is 1. The molecule has 1 heterocycles. The first-order valence-corrected chi connectivity index (χ1v) is 12.2. The van der Waals surface area contributed by atoms with E-state index in [0.717, 1.165) is 30.3 Å². The van der Waals surface area contributed by atoms with Crippen LogP contribution in [0.15, 0.2) is 83.9 Å². The maximum atomic E-state index is 13.2. The Labute approximate surface area is 208 Å². The topological polar surface area (TPSA) is 89.3 Å². The standard InChI is InChI=1S/C26H16F4N2O4S/c27-21-8-2-17(3-9-21)1-4-18-15-19(25(33)34)5-12-24(18)37(35,36)16-22-13-14-32(31-22)23-10-6-20(7-11-23)26(28,29)30/h2-3,5-15H,16H2,(H,33,34). The summed E-state index contributed by atoms with van der Waals surface area (Å²) < 4.78 is 79.2. The third kappa shape index (κ3) is 6.05. The molecule has 0 aliphatic heterocycles. The van der Waals surface area contributed by atoms with Gasteiger partial charge < -0.3 is 5.11 Å². The van der Waals surface area contributed by atoms with E-state index >= 15 is 0 Å². The molecule has 1 aromatic heterocycles. The lowest BCUT2D eigenvalue weighted by Crippen LogP contribution is -2.09. The van der Waals surface area contributed by atoms with Crippen LogP contribution in [-0.4, -0.2) is 29.3 Å². The quantitative estimate of drug-likeness (QED) is 0.288. The molecule has 0 aliphatic carbocycles. The monoisotopic (exact) mass is 528 g/mol. The molecule has 0 fully saturated rings. The Bertz CT molecular complexity index is 1630. The molecule has 0 amide bonds. The number of carbonyl (C=O) groups is 1. The highest BCUT2D eigenvalue weighted by Crippen LogP contribution is 2.29. The van der Waals surface area contributed by atoms with Crippen molar-refractivity contribution in [3.05, 3.63) is 113 Å². The minimum atomic E-state index is -4.49. The molecule has 4 rings (SSSR count). The van der Waals surface area contributed by atoms with E-state index in [1.165, 1.54) is 53.3 Å². The van der Waals surface area contributed by atoms with Gasteiger partial charge in [0.05, 0.1) is 33.2 Å². The molecule has 0 atom stereocenters. The van der Waals surface area contributed by atoms with Crippen LogP contribution >= 0.6 is 0 Å². The van der Waals surface area contributed by atoms with Gasteiger partial charge in [-0.2, -0.15) is 18.3 Å². The van der Waals surface area contributed by atoms with E-state index in [1.54, 1.807) is 0 Å². The summed E-state index contributed by atoms with van der Waals surface area (Å²) in [6.07, 6.45) is -3.08. The van der Waals surface area contributed by atoms with Gasteiger partial charge in [0.25, 0.3) is 0 Å². The van der Waals surface area contributed by atoms with Crippen LogP contribution in [0.25, 0.3) is 5.69 Å². The zero-order valence-corrected chi connectivity index (χ0v) is 19.5. The van der Waals surface area contributed by atoms with Gasteiger partial charge in [-0.1, -0.05) is 11.8 Å². The molecule has 188 valence electrons. The second kappa shape index (κ2) is 9.91. The van der Waals surface area contributed by atoms with Gasteiger partial charge in [-0.3, -0.25) is 0 Å². The molecule has 0 aliphatic rings. The predicted octanol–water partition coefficient (Wildman–Crippen LogP) is 5.10. The summed E-state index contributed by atoms with van der Waals surface area (Å²) in [5, 5.41) is 13.5. The van der Waals surface area contributed by atoms with Crippen LogP contribution in [-0.2, 0) is 21.8 Å². The molecule has 6 nitrogen and oxygen atoms in total. The van der Waals surface area contributed by atoms with Crippen molar-refractivity contribution in [1.29, 1.82) is 0 Å². The van der Waals surface area contributed by atoms with Crippen LogP contribution in [0, 0.1) is 17.7 Å². The SMILES string of the molecule is O=C(O)c1ccc(S(=O)(=O)Cc2ccn(-c3ccc(C(F)(F)F)cc3)n2)c(C#Cc2ccc(F)cc2)c1. The summed E-state index contributed by atoms with van der Waals surface area (Å²) in [5.41, 5.74) is -0.264. The first-order chi connectivity index (χ1) is 17.4. The zero-order valence-electron chi connectivity index (χ0n) is 18.7. The summed E-state index contributed by atoms with van der Waals surface area (Å²) in [7, 11) is -4.07. The maximum absolute atomic E-state index is 13.2. The number of aromatic carboxylic acids is 1. The van der Waals surface area contributed by atoms with Crippen LogP contribution in [0.4, 0.5) is 17.6 Å². The predicted molar refractivity (Wildman–Crippen MR) is 125 cm³/mol. The Hall–Kier alpha value is -4.43. The van der Waals surface area contributed by atoms with Crippen molar-refractivity contribution < 1.29 is 35.9 Å². The fourth-order valence-corrected chi connectivity index (χ4v) is 4.78. The molecule has 11 heteroatoms. The normalized spacial score (nSPS) is 11.6. The van der Waals surface area contributed by atoms with E-state index in [1.807, 2.05) is 0 Å². The second-order valence-electron chi connectivity index (χ2n) is 7.83. The summed E-state index contributed by atoms with van der Waals surface area (Å²) in [5.74, 6) is 3.03. The molecular formula is C26H16F4N2O4S. The highest BCUT2D eigenvalue weighted by atomic mass is 32.2. The molecule has 0 unspecified atom stereocenters. The number of benzene rings is 3. The molecule has 37 heavy (non-hydrogen) atoms. The average molecular weight is 528 g/mol. The van der Waals surface area contributed by atoms with Crippen molar-refractivity contribution in [2.45, 2.75) is 16.8 Å². The Morgan fingerprint density at radius 3 is 2.24 bits per heavy atom. The largest absolute Gasteiger partial charge is 0.478 e. The van der Waals surface area contributed by atoms with Gasteiger partial charge in [0.2, 0.25) is 0 Å². The van der Waals surface area contributed by atoms with Gasteiger partial charge in [0.1, 0.15) is 5.82 Å². The van der Waals surface area contributed by atoms with Crippen molar-refractivity contribution in [1.82, 2.24) is 9.78 Å². The Morgan fingerprint density at radius 2 is 1.62 bits per heavy atom. The van der Waals surface area contributed by atoms with Crippen molar-refractivity contribution in [2.24, 2.45) is 0 Å². The molecule has 3 aromatic carbocycles. The summed E-state index contributed by atoms with van der Waals surface area (Å²) >= 11 is 0. The fraction of sp³-hybridized carbons (Fsp3) is 0.0769. The smallest absolute Gasteiger partial charge is 0.416 e. The minimum Gasteiger partial charge on any atom is -0.478 e. The maximum Gasteiger partial charge on any atom is 0.416 e. The molecule has 1 N–H and O–H groups in total. The van der Waals surface area contributed by atoms with Gasteiger partial charge in [0, 0.05) is 17.3 Å². The number of sulfone groups is 1. The highest BCUT2D eigenvalue weighted by molar-refractivity contribution is 7.90. The van der Waals surface area contributed by atoms with Crippen LogP contribution < -0.4 is 0 Å². The van der Waals surface area contributed by atoms with Crippen LogP contribution in [0.2, 0.25) is 0 Å². The number of nitrogens with zero attached hydrogens (tertiary/aromatic N) is 2. The Kier molecular flexibility index (Phi) is 6.87. The molecule has 0 radical (unpaired) electrons. The molecular weight excluding hydrogens is 512 g/mol. The van der Waals surface area contributed by atoms with Crippen molar-refractivity contribution >= 4 is 15.8 Å². The lowest BCUT2D eigenvalue weighted by atomic mass is 10.1. The van der Waals surface area contributed by atoms with Gasteiger partial charge in [-0.05, 0) is 72.8 Å². The highest BCUT2D eigenvalue weighted by Gasteiger charge is 2.30. The number of hydrogen-bond acceptors (Lipinski definition) is 4. The third-order valence-corrected chi connectivity index (χ3v) is 6.89. The van der Waals surface area contributed by atoms with E-state index in [4.69, 9.17) is 0 Å². The summed E-state index contributed by atoms with van der Waals surface area (Å²) in [4.78, 5) is 11.2. The summed E-state index contributed by atoms with van der Waals surface area (Å²) in [6, 6.07) is 14.2. The number of alkyl halides is 3. The zero-order chi connectivity index (χ0) is 26.8. The van der Waals surface area contributed by atoms with Crippen molar-refractivity contribution in [3.8, 4) is 17.5 Å². The lowest BCUT2D eigenvalue weighted by molar-refractivity contribution is -0.137. The Balaban J connectivity index is 1.64. The van der Waals surface area contributed by atoms with E-state index in [0.29, 0.717) is 11.3 Å². The van der Waals surface area contributed by atoms with Gasteiger partial charge >= 0.3 is 12.1 Å². The third-order valence-electron chi connectivity index (χ3n) is 5.19. The number of halogens is 4. The van der Waals surface area contributed by atoms with E-state index < -0.39 is 39.1 Å². The van der Waals surface area contributed by atoms with Crippen LogP contribution in [0.3, 0.4) is 0 Å². The number of rotatable bonds is 5.